The maximum atomic E-state index is 13.4. The van der Waals surface area contributed by atoms with Gasteiger partial charge in [0.1, 0.15) is 17.9 Å². The first-order valence-corrected chi connectivity index (χ1v) is 9.53. The minimum absolute atomic E-state index is 0.0130. The van der Waals surface area contributed by atoms with Crippen molar-refractivity contribution in [1.82, 2.24) is 19.6 Å². The SMILES string of the molecule is CC(C)c1nn(CC(=O)Nc2cccc(F)c2)c(=O)c2c1cnn2-c1ccccc1. The third-order valence-electron chi connectivity index (χ3n) is 4.66. The van der Waals surface area contributed by atoms with Gasteiger partial charge in [-0.25, -0.2) is 13.8 Å². The number of fused-ring (bicyclic) bond motifs is 1. The molecule has 0 aliphatic carbocycles. The quantitative estimate of drug-likeness (QED) is 0.551. The summed E-state index contributed by atoms with van der Waals surface area (Å²) in [6, 6.07) is 14.9. The fraction of sp³-hybridized carbons (Fsp3) is 0.182. The zero-order valence-electron chi connectivity index (χ0n) is 16.5. The summed E-state index contributed by atoms with van der Waals surface area (Å²) in [5, 5.41) is 12.1. The van der Waals surface area contributed by atoms with Crippen LogP contribution in [0.3, 0.4) is 0 Å². The molecule has 2 heterocycles. The molecule has 0 fully saturated rings. The first-order valence-electron chi connectivity index (χ1n) is 9.53. The van der Waals surface area contributed by atoms with Gasteiger partial charge in [0, 0.05) is 11.1 Å². The van der Waals surface area contributed by atoms with Gasteiger partial charge in [-0.15, -0.1) is 0 Å². The van der Waals surface area contributed by atoms with Gasteiger partial charge >= 0.3 is 0 Å². The van der Waals surface area contributed by atoms with E-state index in [-0.39, 0.29) is 12.5 Å². The molecule has 0 spiro atoms. The van der Waals surface area contributed by atoms with Crippen molar-refractivity contribution in [3.8, 4) is 5.69 Å². The van der Waals surface area contributed by atoms with Crippen molar-refractivity contribution in [3.63, 3.8) is 0 Å². The number of aromatic nitrogens is 4. The van der Waals surface area contributed by atoms with Gasteiger partial charge in [0.15, 0.2) is 0 Å². The average molecular weight is 405 g/mol. The summed E-state index contributed by atoms with van der Waals surface area (Å²) >= 11 is 0. The fourth-order valence-corrected chi connectivity index (χ4v) is 3.29. The largest absolute Gasteiger partial charge is 0.324 e. The lowest BCUT2D eigenvalue weighted by Crippen LogP contribution is -2.31. The molecule has 0 atom stereocenters. The van der Waals surface area contributed by atoms with Crippen LogP contribution in [-0.4, -0.2) is 25.5 Å². The van der Waals surface area contributed by atoms with Crippen LogP contribution in [0.4, 0.5) is 10.1 Å². The highest BCUT2D eigenvalue weighted by Crippen LogP contribution is 2.22. The number of carbonyl (C=O) groups excluding carboxylic acids is 1. The van der Waals surface area contributed by atoms with Crippen LogP contribution in [0, 0.1) is 5.82 Å². The van der Waals surface area contributed by atoms with Crippen LogP contribution in [0.2, 0.25) is 0 Å². The summed E-state index contributed by atoms with van der Waals surface area (Å²) in [6.07, 6.45) is 1.63. The molecule has 2 aromatic carbocycles. The minimum atomic E-state index is -0.477. The van der Waals surface area contributed by atoms with Crippen molar-refractivity contribution in [3.05, 3.63) is 82.7 Å². The maximum Gasteiger partial charge on any atom is 0.293 e. The van der Waals surface area contributed by atoms with Crippen LogP contribution >= 0.6 is 0 Å². The topological polar surface area (TPSA) is 81.8 Å². The molecule has 2 aromatic heterocycles. The monoisotopic (exact) mass is 405 g/mol. The molecule has 0 aliphatic rings. The minimum Gasteiger partial charge on any atom is -0.324 e. The Labute approximate surface area is 171 Å². The smallest absolute Gasteiger partial charge is 0.293 e. The van der Waals surface area contributed by atoms with Crippen LogP contribution in [-0.2, 0) is 11.3 Å². The number of hydrogen-bond donors (Lipinski definition) is 1. The maximum absolute atomic E-state index is 13.4. The summed E-state index contributed by atoms with van der Waals surface area (Å²) in [7, 11) is 0. The van der Waals surface area contributed by atoms with Crippen molar-refractivity contribution in [2.75, 3.05) is 5.32 Å². The predicted octanol–water partition coefficient (Wildman–Crippen LogP) is 3.48. The highest BCUT2D eigenvalue weighted by molar-refractivity contribution is 5.90. The van der Waals surface area contributed by atoms with Gasteiger partial charge in [0.05, 0.1) is 17.6 Å². The number of benzene rings is 2. The molecular formula is C22H20FN5O2. The molecule has 7 nitrogen and oxygen atoms in total. The summed E-state index contributed by atoms with van der Waals surface area (Å²) in [5.41, 5.74) is 1.66. The third kappa shape index (κ3) is 3.71. The summed E-state index contributed by atoms with van der Waals surface area (Å²) in [5.74, 6) is -0.924. The Morgan fingerprint density at radius 3 is 2.60 bits per heavy atom. The van der Waals surface area contributed by atoms with Gasteiger partial charge < -0.3 is 5.32 Å². The molecule has 8 heteroatoms. The zero-order valence-corrected chi connectivity index (χ0v) is 16.5. The van der Waals surface area contributed by atoms with Gasteiger partial charge in [-0.2, -0.15) is 10.2 Å². The highest BCUT2D eigenvalue weighted by Gasteiger charge is 2.20. The van der Waals surface area contributed by atoms with Gasteiger partial charge in [0.2, 0.25) is 5.91 Å². The molecule has 0 aliphatic heterocycles. The average Bonchev–Trinajstić information content (AvgIpc) is 3.16. The Bertz CT molecular complexity index is 1280. The Morgan fingerprint density at radius 1 is 1.13 bits per heavy atom. The van der Waals surface area contributed by atoms with Crippen molar-refractivity contribution in [2.45, 2.75) is 26.3 Å². The van der Waals surface area contributed by atoms with Crippen LogP contribution < -0.4 is 10.9 Å². The number of carbonyl (C=O) groups is 1. The summed E-state index contributed by atoms with van der Waals surface area (Å²) in [4.78, 5) is 25.7. The summed E-state index contributed by atoms with van der Waals surface area (Å²) in [6.45, 7) is 3.62. The molecule has 1 amide bonds. The van der Waals surface area contributed by atoms with Crippen molar-refractivity contribution in [2.24, 2.45) is 0 Å². The Kier molecular flexibility index (Phi) is 5.14. The van der Waals surface area contributed by atoms with E-state index in [1.807, 2.05) is 44.2 Å². The number of hydrogen-bond acceptors (Lipinski definition) is 4. The number of para-hydroxylation sites is 1. The van der Waals surface area contributed by atoms with E-state index in [1.54, 1.807) is 16.9 Å². The van der Waals surface area contributed by atoms with Gasteiger partial charge in [-0.1, -0.05) is 38.1 Å². The predicted molar refractivity (Wildman–Crippen MR) is 112 cm³/mol. The van der Waals surface area contributed by atoms with E-state index in [0.29, 0.717) is 22.3 Å². The standard InChI is InChI=1S/C22H20FN5O2/c1-14(2)20-18-12-24-28(17-9-4-3-5-10-17)21(18)22(30)27(26-20)13-19(29)25-16-8-6-7-15(23)11-16/h3-12,14H,13H2,1-2H3,(H,25,29). The van der Waals surface area contributed by atoms with Crippen LogP contribution in [0.15, 0.2) is 65.6 Å². The Balaban J connectivity index is 1.77. The van der Waals surface area contributed by atoms with Crippen molar-refractivity contribution >= 4 is 22.5 Å². The first-order chi connectivity index (χ1) is 14.4. The third-order valence-corrected chi connectivity index (χ3v) is 4.66. The second kappa shape index (κ2) is 7.90. The molecule has 0 unspecified atom stereocenters. The van der Waals surface area contributed by atoms with E-state index in [1.165, 1.54) is 18.2 Å². The van der Waals surface area contributed by atoms with E-state index < -0.39 is 17.3 Å². The number of anilines is 1. The van der Waals surface area contributed by atoms with E-state index >= 15 is 0 Å². The lowest BCUT2D eigenvalue weighted by Gasteiger charge is -2.12. The van der Waals surface area contributed by atoms with E-state index in [2.05, 4.69) is 15.5 Å². The van der Waals surface area contributed by atoms with Crippen LogP contribution in [0.5, 0.6) is 0 Å². The Morgan fingerprint density at radius 2 is 1.90 bits per heavy atom. The van der Waals surface area contributed by atoms with Gasteiger partial charge in [-0.05, 0) is 36.2 Å². The summed E-state index contributed by atoms with van der Waals surface area (Å²) < 4.78 is 16.1. The van der Waals surface area contributed by atoms with Crippen LogP contribution in [0.1, 0.15) is 25.5 Å². The first kappa shape index (κ1) is 19.5. The molecule has 152 valence electrons. The lowest BCUT2D eigenvalue weighted by molar-refractivity contribution is -0.117. The molecule has 4 rings (SSSR count). The number of amides is 1. The fourth-order valence-electron chi connectivity index (χ4n) is 3.29. The van der Waals surface area contributed by atoms with Gasteiger partial charge in [-0.3, -0.25) is 9.59 Å². The van der Waals surface area contributed by atoms with E-state index in [9.17, 15) is 14.0 Å². The molecule has 0 radical (unpaired) electrons. The second-order valence-electron chi connectivity index (χ2n) is 7.22. The zero-order chi connectivity index (χ0) is 21.3. The lowest BCUT2D eigenvalue weighted by atomic mass is 10.1. The molecule has 1 N–H and O–H groups in total. The molecule has 0 saturated carbocycles. The van der Waals surface area contributed by atoms with Gasteiger partial charge in [0.25, 0.3) is 5.56 Å². The number of halogens is 1. The second-order valence-corrected chi connectivity index (χ2v) is 7.22. The molecule has 4 aromatic rings. The van der Waals surface area contributed by atoms with Crippen molar-refractivity contribution in [1.29, 1.82) is 0 Å². The highest BCUT2D eigenvalue weighted by atomic mass is 19.1. The van der Waals surface area contributed by atoms with Crippen molar-refractivity contribution < 1.29 is 9.18 Å². The molecular weight excluding hydrogens is 385 g/mol. The van der Waals surface area contributed by atoms with E-state index in [4.69, 9.17) is 0 Å². The normalized spacial score (nSPS) is 11.2. The number of nitrogens with zero attached hydrogens (tertiary/aromatic N) is 4. The van der Waals surface area contributed by atoms with E-state index in [0.717, 1.165) is 10.4 Å². The molecule has 0 saturated heterocycles. The Hall–Kier alpha value is -3.81. The number of rotatable bonds is 5. The number of nitrogens with one attached hydrogen (secondary N) is 1. The molecule has 0 bridgehead atoms. The molecule has 30 heavy (non-hydrogen) atoms. The van der Waals surface area contributed by atoms with Crippen LogP contribution in [0.25, 0.3) is 16.6 Å².